The van der Waals surface area contributed by atoms with E-state index < -0.39 is 0 Å². The maximum Gasteiger partial charge on any atom is 0.162 e. The molecule has 4 heteroatoms. The van der Waals surface area contributed by atoms with Crippen LogP contribution in [0.4, 0.5) is 0 Å². The van der Waals surface area contributed by atoms with Crippen LogP contribution in [0.1, 0.15) is 12.0 Å². The molecule has 0 amide bonds. The van der Waals surface area contributed by atoms with Crippen LogP contribution in [0.5, 0.6) is 11.5 Å². The number of rotatable bonds is 5. The summed E-state index contributed by atoms with van der Waals surface area (Å²) in [5.74, 6) is 1.12. The van der Waals surface area contributed by atoms with Crippen LogP contribution < -0.4 is 9.47 Å². The van der Waals surface area contributed by atoms with Crippen molar-refractivity contribution in [3.8, 4) is 17.6 Å². The molecule has 4 nitrogen and oxygen atoms in total. The molecule has 80 valence electrons. The van der Waals surface area contributed by atoms with Gasteiger partial charge in [-0.1, -0.05) is 0 Å². The first-order valence-corrected chi connectivity index (χ1v) is 4.63. The van der Waals surface area contributed by atoms with E-state index in [4.69, 9.17) is 19.8 Å². The standard InChI is InChI=1S/C11H13NO3/c1-14-11-7-9(8-12)3-4-10(11)15-6-2-5-13/h3-4,7,13H,2,5-6H2,1H3. The van der Waals surface area contributed by atoms with Crippen molar-refractivity contribution in [3.05, 3.63) is 23.8 Å². The number of hydrogen-bond acceptors (Lipinski definition) is 4. The third kappa shape index (κ3) is 3.15. The molecule has 0 saturated carbocycles. The Morgan fingerprint density at radius 2 is 2.20 bits per heavy atom. The second-order valence-electron chi connectivity index (χ2n) is 2.90. The van der Waals surface area contributed by atoms with Crippen LogP contribution in [0.15, 0.2) is 18.2 Å². The number of aliphatic hydroxyl groups is 1. The van der Waals surface area contributed by atoms with Gasteiger partial charge >= 0.3 is 0 Å². The second-order valence-corrected chi connectivity index (χ2v) is 2.90. The minimum atomic E-state index is 0.0958. The quantitative estimate of drug-likeness (QED) is 0.740. The van der Waals surface area contributed by atoms with Crippen molar-refractivity contribution in [2.45, 2.75) is 6.42 Å². The summed E-state index contributed by atoms with van der Waals surface area (Å²) in [6.07, 6.45) is 0.573. The second kappa shape index (κ2) is 5.89. The molecule has 1 rings (SSSR count). The van der Waals surface area contributed by atoms with Crippen molar-refractivity contribution in [1.82, 2.24) is 0 Å². The van der Waals surface area contributed by atoms with E-state index in [1.54, 1.807) is 18.2 Å². The fourth-order valence-electron chi connectivity index (χ4n) is 1.10. The number of methoxy groups -OCH3 is 1. The van der Waals surface area contributed by atoms with Crippen molar-refractivity contribution in [2.75, 3.05) is 20.3 Å². The molecule has 0 spiro atoms. The zero-order valence-corrected chi connectivity index (χ0v) is 8.56. The Morgan fingerprint density at radius 3 is 2.80 bits per heavy atom. The molecule has 0 saturated heterocycles. The predicted molar refractivity (Wildman–Crippen MR) is 54.9 cm³/mol. The molecule has 0 aliphatic rings. The third-order valence-electron chi connectivity index (χ3n) is 1.85. The van der Waals surface area contributed by atoms with Gasteiger partial charge in [-0.2, -0.15) is 5.26 Å². The van der Waals surface area contributed by atoms with Gasteiger partial charge in [0.2, 0.25) is 0 Å². The van der Waals surface area contributed by atoms with Gasteiger partial charge in [0, 0.05) is 19.1 Å². The Morgan fingerprint density at radius 1 is 1.40 bits per heavy atom. The molecular weight excluding hydrogens is 194 g/mol. The van der Waals surface area contributed by atoms with E-state index in [0.29, 0.717) is 30.1 Å². The number of nitrogens with zero attached hydrogens (tertiary/aromatic N) is 1. The van der Waals surface area contributed by atoms with Crippen LogP contribution in [0.3, 0.4) is 0 Å². The number of nitriles is 1. The molecule has 1 N–H and O–H groups in total. The maximum atomic E-state index is 8.68. The topological polar surface area (TPSA) is 62.5 Å². The van der Waals surface area contributed by atoms with E-state index in [-0.39, 0.29) is 6.61 Å². The normalized spacial score (nSPS) is 9.40. The fourth-order valence-corrected chi connectivity index (χ4v) is 1.10. The van der Waals surface area contributed by atoms with Crippen LogP contribution in [0.2, 0.25) is 0 Å². The van der Waals surface area contributed by atoms with Gasteiger partial charge in [0.05, 0.1) is 25.3 Å². The van der Waals surface area contributed by atoms with E-state index in [9.17, 15) is 0 Å². The van der Waals surface area contributed by atoms with Crippen LogP contribution in [-0.4, -0.2) is 25.4 Å². The van der Waals surface area contributed by atoms with Gasteiger partial charge in [-0.15, -0.1) is 0 Å². The highest BCUT2D eigenvalue weighted by molar-refractivity contribution is 5.46. The molecule has 0 aliphatic carbocycles. The molecule has 1 aromatic carbocycles. The predicted octanol–water partition coefficient (Wildman–Crippen LogP) is 1.33. The van der Waals surface area contributed by atoms with Gasteiger partial charge in [-0.3, -0.25) is 0 Å². The van der Waals surface area contributed by atoms with Crippen LogP contribution >= 0.6 is 0 Å². The summed E-state index contributed by atoms with van der Waals surface area (Å²) in [5, 5.41) is 17.3. The molecule has 0 fully saturated rings. The van der Waals surface area contributed by atoms with E-state index in [1.165, 1.54) is 7.11 Å². The molecule has 0 aromatic heterocycles. The molecular formula is C11H13NO3. The highest BCUT2D eigenvalue weighted by Crippen LogP contribution is 2.27. The van der Waals surface area contributed by atoms with Crippen LogP contribution in [0, 0.1) is 11.3 Å². The summed E-state index contributed by atoms with van der Waals surface area (Å²) >= 11 is 0. The van der Waals surface area contributed by atoms with Crippen molar-refractivity contribution in [1.29, 1.82) is 5.26 Å². The lowest BCUT2D eigenvalue weighted by Crippen LogP contribution is -2.01. The first-order chi connectivity index (χ1) is 7.31. The van der Waals surface area contributed by atoms with Gasteiger partial charge in [0.15, 0.2) is 11.5 Å². The first kappa shape index (κ1) is 11.3. The monoisotopic (exact) mass is 207 g/mol. The lowest BCUT2D eigenvalue weighted by molar-refractivity contribution is 0.228. The molecule has 1 aromatic rings. The minimum absolute atomic E-state index is 0.0958. The van der Waals surface area contributed by atoms with E-state index in [1.807, 2.05) is 6.07 Å². The van der Waals surface area contributed by atoms with Gasteiger partial charge in [0.1, 0.15) is 0 Å². The zero-order valence-electron chi connectivity index (χ0n) is 8.56. The average molecular weight is 207 g/mol. The SMILES string of the molecule is COc1cc(C#N)ccc1OCCCO. The van der Waals surface area contributed by atoms with Crippen LogP contribution in [-0.2, 0) is 0 Å². The average Bonchev–Trinajstić information content (AvgIpc) is 2.29. The highest BCUT2D eigenvalue weighted by Gasteiger charge is 2.04. The van der Waals surface area contributed by atoms with E-state index >= 15 is 0 Å². The summed E-state index contributed by atoms with van der Waals surface area (Å²) in [4.78, 5) is 0. The smallest absolute Gasteiger partial charge is 0.162 e. The molecule has 0 radical (unpaired) electrons. The summed E-state index contributed by atoms with van der Waals surface area (Å²) < 4.78 is 10.5. The molecule has 0 unspecified atom stereocenters. The molecule has 0 atom stereocenters. The van der Waals surface area contributed by atoms with Crippen molar-refractivity contribution in [3.63, 3.8) is 0 Å². The minimum Gasteiger partial charge on any atom is -0.493 e. The lowest BCUT2D eigenvalue weighted by atomic mass is 10.2. The fraction of sp³-hybridized carbons (Fsp3) is 0.364. The summed E-state index contributed by atoms with van der Waals surface area (Å²) in [7, 11) is 1.52. The summed E-state index contributed by atoms with van der Waals surface area (Å²) in [6, 6.07) is 6.99. The Kier molecular flexibility index (Phi) is 4.45. The van der Waals surface area contributed by atoms with E-state index in [0.717, 1.165) is 0 Å². The van der Waals surface area contributed by atoms with Crippen LogP contribution in [0.25, 0.3) is 0 Å². The summed E-state index contributed by atoms with van der Waals surface area (Å²) in [5.41, 5.74) is 0.529. The Labute approximate surface area is 88.7 Å². The van der Waals surface area contributed by atoms with Crippen molar-refractivity contribution >= 4 is 0 Å². The number of hydrogen-bond donors (Lipinski definition) is 1. The molecule has 0 heterocycles. The lowest BCUT2D eigenvalue weighted by Gasteiger charge is -2.09. The molecule has 15 heavy (non-hydrogen) atoms. The maximum absolute atomic E-state index is 8.68. The Balaban J connectivity index is 2.75. The first-order valence-electron chi connectivity index (χ1n) is 4.63. The highest BCUT2D eigenvalue weighted by atomic mass is 16.5. The number of ether oxygens (including phenoxy) is 2. The Hall–Kier alpha value is -1.73. The molecule has 0 aliphatic heterocycles. The molecule has 0 bridgehead atoms. The van der Waals surface area contributed by atoms with Crippen molar-refractivity contribution in [2.24, 2.45) is 0 Å². The van der Waals surface area contributed by atoms with Gasteiger partial charge in [0.25, 0.3) is 0 Å². The van der Waals surface area contributed by atoms with Gasteiger partial charge in [-0.05, 0) is 12.1 Å². The zero-order chi connectivity index (χ0) is 11.1. The summed E-state index contributed by atoms with van der Waals surface area (Å²) in [6.45, 7) is 0.525. The van der Waals surface area contributed by atoms with Crippen molar-refractivity contribution < 1.29 is 14.6 Å². The third-order valence-corrected chi connectivity index (χ3v) is 1.85. The van der Waals surface area contributed by atoms with Gasteiger partial charge < -0.3 is 14.6 Å². The number of benzene rings is 1. The van der Waals surface area contributed by atoms with Gasteiger partial charge in [-0.25, -0.2) is 0 Å². The Bertz CT molecular complexity index is 357. The largest absolute Gasteiger partial charge is 0.493 e. The van der Waals surface area contributed by atoms with E-state index in [2.05, 4.69) is 0 Å². The number of aliphatic hydroxyl groups excluding tert-OH is 1.